The molecule has 1 amide bonds. The highest BCUT2D eigenvalue weighted by Gasteiger charge is 2.16. The molecule has 0 fully saturated rings. The molecule has 1 N–H and O–H groups in total. The molecule has 2 aromatic rings. The lowest BCUT2D eigenvalue weighted by Gasteiger charge is -2.07. The minimum Gasteiger partial charge on any atom is -0.274 e. The Morgan fingerprint density at radius 3 is 2.52 bits per heavy atom. The lowest BCUT2D eigenvalue weighted by Crippen LogP contribution is -2.34. The Balaban J connectivity index is 1.87. The number of amides is 1. The fourth-order valence-corrected chi connectivity index (χ4v) is 3.11. The van der Waals surface area contributed by atoms with Crippen LogP contribution in [0.25, 0.3) is 0 Å². The summed E-state index contributed by atoms with van der Waals surface area (Å²) in [5, 5.41) is 4.23. The molecule has 0 aliphatic rings. The molecule has 0 aliphatic carbocycles. The van der Waals surface area contributed by atoms with E-state index in [-0.39, 0.29) is 18.2 Å². The molecule has 1 aromatic heterocycles. The molecule has 7 heteroatoms. The summed E-state index contributed by atoms with van der Waals surface area (Å²) in [6.45, 7) is 3.95. The van der Waals surface area contributed by atoms with E-state index in [1.54, 1.807) is 16.9 Å². The molecular weight excluding hydrogens is 314 g/mol. The van der Waals surface area contributed by atoms with Gasteiger partial charge in [-0.3, -0.25) is 14.2 Å². The number of hydrogen-bond donors (Lipinski definition) is 1. The maximum absolute atomic E-state index is 12.0. The molecule has 0 aliphatic heterocycles. The van der Waals surface area contributed by atoms with Crippen LogP contribution in [0.4, 0.5) is 0 Å². The Hall–Kier alpha value is -2.15. The molecule has 0 spiro atoms. The third-order valence-electron chi connectivity index (χ3n) is 3.31. The maximum Gasteiger partial charge on any atom is 0.239 e. The number of hydrogen-bond acceptors (Lipinski definition) is 4. The van der Waals surface area contributed by atoms with Crippen LogP contribution in [-0.2, 0) is 27.7 Å². The van der Waals surface area contributed by atoms with Gasteiger partial charge in [0, 0.05) is 12.2 Å². The van der Waals surface area contributed by atoms with Crippen LogP contribution in [0.15, 0.2) is 42.6 Å². The van der Waals surface area contributed by atoms with Crippen molar-refractivity contribution in [3.63, 3.8) is 0 Å². The number of aryl methyl sites for hydroxylation is 1. The zero-order valence-electron chi connectivity index (χ0n) is 13.3. The van der Waals surface area contributed by atoms with Gasteiger partial charge in [-0.15, -0.1) is 0 Å². The lowest BCUT2D eigenvalue weighted by molar-refractivity contribution is -0.118. The van der Waals surface area contributed by atoms with Crippen LogP contribution >= 0.6 is 0 Å². The SMILES string of the molecule is CC(C)n1ccc(CC(=O)NS(=O)(=O)CCc2ccccc2)n1. The van der Waals surface area contributed by atoms with Gasteiger partial charge in [0.05, 0.1) is 17.9 Å². The fraction of sp³-hybridized carbons (Fsp3) is 0.375. The third kappa shape index (κ3) is 5.52. The van der Waals surface area contributed by atoms with Crippen molar-refractivity contribution >= 4 is 15.9 Å². The summed E-state index contributed by atoms with van der Waals surface area (Å²) in [6.07, 6.45) is 2.09. The van der Waals surface area contributed by atoms with E-state index in [0.717, 1.165) is 5.56 Å². The van der Waals surface area contributed by atoms with Crippen LogP contribution in [-0.4, -0.2) is 29.9 Å². The van der Waals surface area contributed by atoms with E-state index in [0.29, 0.717) is 12.1 Å². The Morgan fingerprint density at radius 2 is 1.91 bits per heavy atom. The standard InChI is InChI=1S/C16H21N3O3S/c1-13(2)19-10-8-15(17-19)12-16(20)18-23(21,22)11-9-14-6-4-3-5-7-14/h3-8,10,13H,9,11-12H2,1-2H3,(H,18,20). The van der Waals surface area contributed by atoms with Gasteiger partial charge in [0.25, 0.3) is 0 Å². The Labute approximate surface area is 136 Å². The van der Waals surface area contributed by atoms with Crippen LogP contribution in [0.1, 0.15) is 31.1 Å². The van der Waals surface area contributed by atoms with Crippen molar-refractivity contribution in [2.45, 2.75) is 32.7 Å². The van der Waals surface area contributed by atoms with Gasteiger partial charge in [0.15, 0.2) is 0 Å². The van der Waals surface area contributed by atoms with Crippen molar-refractivity contribution in [3.05, 3.63) is 53.9 Å². The summed E-state index contributed by atoms with van der Waals surface area (Å²) in [5.41, 5.74) is 1.47. The first-order valence-electron chi connectivity index (χ1n) is 7.47. The van der Waals surface area contributed by atoms with Gasteiger partial charge in [-0.1, -0.05) is 30.3 Å². The average molecular weight is 335 g/mol. The van der Waals surface area contributed by atoms with Gasteiger partial charge in [0.2, 0.25) is 15.9 Å². The summed E-state index contributed by atoms with van der Waals surface area (Å²) in [4.78, 5) is 11.9. The monoisotopic (exact) mass is 335 g/mol. The molecule has 0 atom stereocenters. The normalized spacial score (nSPS) is 11.6. The van der Waals surface area contributed by atoms with Crippen LogP contribution < -0.4 is 4.72 Å². The minimum atomic E-state index is -3.64. The summed E-state index contributed by atoms with van der Waals surface area (Å²) >= 11 is 0. The van der Waals surface area contributed by atoms with Crippen LogP contribution in [0.3, 0.4) is 0 Å². The number of aromatic nitrogens is 2. The Morgan fingerprint density at radius 1 is 1.22 bits per heavy atom. The molecule has 124 valence electrons. The van der Waals surface area contributed by atoms with Crippen molar-refractivity contribution in [1.82, 2.24) is 14.5 Å². The second kappa shape index (κ2) is 7.41. The first-order chi connectivity index (χ1) is 10.9. The fourth-order valence-electron chi connectivity index (χ4n) is 2.08. The highest BCUT2D eigenvalue weighted by molar-refractivity contribution is 7.90. The molecule has 2 rings (SSSR count). The number of carbonyl (C=O) groups excluding carboxylic acids is 1. The Kier molecular flexibility index (Phi) is 5.54. The van der Waals surface area contributed by atoms with E-state index in [4.69, 9.17) is 0 Å². The molecule has 0 saturated carbocycles. The molecular formula is C16H21N3O3S. The third-order valence-corrected chi connectivity index (χ3v) is 4.59. The molecule has 6 nitrogen and oxygen atoms in total. The van der Waals surface area contributed by atoms with Crippen LogP contribution in [0, 0.1) is 0 Å². The highest BCUT2D eigenvalue weighted by atomic mass is 32.2. The smallest absolute Gasteiger partial charge is 0.239 e. The van der Waals surface area contributed by atoms with E-state index in [1.807, 2.05) is 44.2 Å². The molecule has 23 heavy (non-hydrogen) atoms. The molecule has 0 saturated heterocycles. The number of nitrogens with zero attached hydrogens (tertiary/aromatic N) is 2. The van der Waals surface area contributed by atoms with Crippen molar-refractivity contribution in [2.75, 3.05) is 5.75 Å². The summed E-state index contributed by atoms with van der Waals surface area (Å²) in [6, 6.07) is 11.2. The van der Waals surface area contributed by atoms with E-state index in [2.05, 4.69) is 9.82 Å². The van der Waals surface area contributed by atoms with Crippen LogP contribution in [0.5, 0.6) is 0 Å². The second-order valence-electron chi connectivity index (χ2n) is 5.64. The number of nitrogens with one attached hydrogen (secondary N) is 1. The van der Waals surface area contributed by atoms with Gasteiger partial charge < -0.3 is 0 Å². The lowest BCUT2D eigenvalue weighted by atomic mass is 10.2. The van der Waals surface area contributed by atoms with E-state index >= 15 is 0 Å². The second-order valence-corrected chi connectivity index (χ2v) is 7.48. The van der Waals surface area contributed by atoms with Gasteiger partial charge in [-0.25, -0.2) is 8.42 Å². The first kappa shape index (κ1) is 17.2. The average Bonchev–Trinajstić information content (AvgIpc) is 2.94. The van der Waals surface area contributed by atoms with Crippen molar-refractivity contribution in [3.8, 4) is 0 Å². The number of rotatable bonds is 7. The van der Waals surface area contributed by atoms with Crippen LogP contribution in [0.2, 0.25) is 0 Å². The largest absolute Gasteiger partial charge is 0.274 e. The predicted molar refractivity (Wildman–Crippen MR) is 88.4 cm³/mol. The first-order valence-corrected chi connectivity index (χ1v) is 9.12. The number of carbonyl (C=O) groups is 1. The number of sulfonamides is 1. The topological polar surface area (TPSA) is 81.1 Å². The summed E-state index contributed by atoms with van der Waals surface area (Å²) in [7, 11) is -3.64. The molecule has 1 heterocycles. The van der Waals surface area contributed by atoms with Crippen molar-refractivity contribution < 1.29 is 13.2 Å². The zero-order chi connectivity index (χ0) is 16.9. The van der Waals surface area contributed by atoms with E-state index < -0.39 is 15.9 Å². The quantitative estimate of drug-likeness (QED) is 0.835. The Bertz CT molecular complexity index is 752. The summed E-state index contributed by atoms with van der Waals surface area (Å²) < 4.78 is 27.7. The van der Waals surface area contributed by atoms with E-state index in [1.165, 1.54) is 0 Å². The number of benzene rings is 1. The summed E-state index contributed by atoms with van der Waals surface area (Å²) in [5.74, 6) is -0.685. The van der Waals surface area contributed by atoms with Crippen molar-refractivity contribution in [2.24, 2.45) is 0 Å². The van der Waals surface area contributed by atoms with Crippen molar-refractivity contribution in [1.29, 1.82) is 0 Å². The van der Waals surface area contributed by atoms with Gasteiger partial charge in [-0.2, -0.15) is 5.10 Å². The van der Waals surface area contributed by atoms with Gasteiger partial charge >= 0.3 is 0 Å². The zero-order valence-corrected chi connectivity index (χ0v) is 14.1. The maximum atomic E-state index is 12.0. The highest BCUT2D eigenvalue weighted by Crippen LogP contribution is 2.05. The molecule has 0 unspecified atom stereocenters. The molecule has 0 radical (unpaired) electrons. The minimum absolute atomic E-state index is 0.0513. The van der Waals surface area contributed by atoms with Gasteiger partial charge in [0.1, 0.15) is 0 Å². The molecule has 0 bridgehead atoms. The van der Waals surface area contributed by atoms with Gasteiger partial charge in [-0.05, 0) is 31.9 Å². The predicted octanol–water partition coefficient (Wildman–Crippen LogP) is 1.70. The molecule has 1 aromatic carbocycles. The van der Waals surface area contributed by atoms with E-state index in [9.17, 15) is 13.2 Å².